The van der Waals surface area contributed by atoms with Crippen LogP contribution >= 0.6 is 0 Å². The zero-order valence-corrected chi connectivity index (χ0v) is 16.0. The first kappa shape index (κ1) is 20.2. The molecule has 0 aliphatic rings. The molecule has 8 nitrogen and oxygen atoms in total. The van der Waals surface area contributed by atoms with Crippen LogP contribution in [-0.4, -0.2) is 45.1 Å². The topological polar surface area (TPSA) is 108 Å². The van der Waals surface area contributed by atoms with Gasteiger partial charge in [-0.15, -0.1) is 0 Å². The fourth-order valence-corrected chi connectivity index (χ4v) is 3.23. The molecule has 0 atom stereocenters. The average molecular weight is 391 g/mol. The van der Waals surface area contributed by atoms with Crippen LogP contribution in [0, 0.1) is 0 Å². The maximum Gasteiger partial charge on any atom is 0.260 e. The van der Waals surface area contributed by atoms with Gasteiger partial charge in [-0.2, -0.15) is 5.10 Å². The summed E-state index contributed by atoms with van der Waals surface area (Å²) in [7, 11) is -2.32. The Hall–Kier alpha value is -3.07. The Labute approximate surface area is 158 Å². The molecule has 0 fully saturated rings. The summed E-state index contributed by atoms with van der Waals surface area (Å²) < 4.78 is 30.4. The molecule has 0 unspecified atom stereocenters. The Bertz CT molecular complexity index is 957. The van der Waals surface area contributed by atoms with Crippen molar-refractivity contribution in [1.82, 2.24) is 5.43 Å². The first-order chi connectivity index (χ1) is 12.7. The molecular formula is C18H21N3O5S. The number of benzene rings is 2. The maximum absolute atomic E-state index is 12.3. The third-order valence-electron chi connectivity index (χ3n) is 3.68. The summed E-state index contributed by atoms with van der Waals surface area (Å²) >= 11 is 0. The quantitative estimate of drug-likeness (QED) is 0.552. The van der Waals surface area contributed by atoms with Gasteiger partial charge in [-0.05, 0) is 31.2 Å². The molecule has 1 amide bonds. The van der Waals surface area contributed by atoms with Crippen molar-refractivity contribution in [1.29, 1.82) is 0 Å². The first-order valence-electron chi connectivity index (χ1n) is 7.96. The lowest BCUT2D eigenvalue weighted by Gasteiger charge is -2.23. The molecule has 2 aromatic rings. The van der Waals surface area contributed by atoms with Gasteiger partial charge in [-0.25, -0.2) is 13.8 Å². The number of rotatable bonds is 7. The standard InChI is InChI=1S/C18H21N3O5S/c1-13(14-8-4-6-10-16(14)22)19-20-18(23)12-21(27(3,24)25)15-9-5-7-11-17(15)26-2/h4-11,22H,12H2,1-3H3,(H,20,23). The Kier molecular flexibility index (Phi) is 6.40. The summed E-state index contributed by atoms with van der Waals surface area (Å²) in [4.78, 5) is 12.3. The predicted octanol–water partition coefficient (Wildman–Crippen LogP) is 1.71. The summed E-state index contributed by atoms with van der Waals surface area (Å²) in [5.74, 6) is -0.287. The van der Waals surface area contributed by atoms with Gasteiger partial charge in [0.1, 0.15) is 18.0 Å². The van der Waals surface area contributed by atoms with Gasteiger partial charge in [-0.1, -0.05) is 24.3 Å². The van der Waals surface area contributed by atoms with Crippen LogP contribution < -0.4 is 14.5 Å². The Balaban J connectivity index is 2.20. The van der Waals surface area contributed by atoms with Crippen LogP contribution in [-0.2, 0) is 14.8 Å². The maximum atomic E-state index is 12.3. The monoisotopic (exact) mass is 391 g/mol. The molecule has 27 heavy (non-hydrogen) atoms. The lowest BCUT2D eigenvalue weighted by Crippen LogP contribution is -2.39. The normalized spacial score (nSPS) is 11.7. The van der Waals surface area contributed by atoms with E-state index >= 15 is 0 Å². The van der Waals surface area contributed by atoms with Gasteiger partial charge in [-0.3, -0.25) is 9.10 Å². The minimum atomic E-state index is -3.74. The highest BCUT2D eigenvalue weighted by atomic mass is 32.2. The SMILES string of the molecule is COc1ccccc1N(CC(=O)NN=C(C)c1ccccc1O)S(C)(=O)=O. The van der Waals surface area contributed by atoms with Gasteiger partial charge in [0.25, 0.3) is 5.91 Å². The number of ether oxygens (including phenoxy) is 1. The second-order valence-electron chi connectivity index (χ2n) is 5.69. The van der Waals surface area contributed by atoms with Crippen LogP contribution in [0.3, 0.4) is 0 Å². The molecule has 0 heterocycles. The van der Waals surface area contributed by atoms with Crippen LogP contribution in [0.1, 0.15) is 12.5 Å². The van der Waals surface area contributed by atoms with Crippen molar-refractivity contribution in [3.05, 3.63) is 54.1 Å². The molecule has 2 rings (SSSR count). The number of amides is 1. The van der Waals surface area contributed by atoms with Crippen LogP contribution in [0.4, 0.5) is 5.69 Å². The molecule has 0 aliphatic carbocycles. The smallest absolute Gasteiger partial charge is 0.260 e. The van der Waals surface area contributed by atoms with E-state index in [1.807, 2.05) is 0 Å². The van der Waals surface area contributed by atoms with Gasteiger partial charge >= 0.3 is 0 Å². The van der Waals surface area contributed by atoms with Crippen molar-refractivity contribution in [2.75, 3.05) is 24.2 Å². The second kappa shape index (κ2) is 8.54. The zero-order valence-electron chi connectivity index (χ0n) is 15.2. The number of hydrazone groups is 1. The third-order valence-corrected chi connectivity index (χ3v) is 4.81. The summed E-state index contributed by atoms with van der Waals surface area (Å²) in [6, 6.07) is 13.0. The van der Waals surface area contributed by atoms with E-state index in [1.54, 1.807) is 49.4 Å². The number of hydrogen-bond acceptors (Lipinski definition) is 6. The van der Waals surface area contributed by atoms with Crippen molar-refractivity contribution in [3.63, 3.8) is 0 Å². The van der Waals surface area contributed by atoms with Gasteiger partial charge in [0.2, 0.25) is 10.0 Å². The highest BCUT2D eigenvalue weighted by molar-refractivity contribution is 7.92. The fraction of sp³-hybridized carbons (Fsp3) is 0.222. The Morgan fingerprint density at radius 2 is 1.81 bits per heavy atom. The molecule has 0 bridgehead atoms. The third kappa shape index (κ3) is 5.20. The molecule has 2 aromatic carbocycles. The lowest BCUT2D eigenvalue weighted by molar-refractivity contribution is -0.119. The van der Waals surface area contributed by atoms with Crippen molar-refractivity contribution in [2.45, 2.75) is 6.92 Å². The minimum absolute atomic E-state index is 0.0276. The lowest BCUT2D eigenvalue weighted by atomic mass is 10.1. The summed E-state index contributed by atoms with van der Waals surface area (Å²) in [5.41, 5.74) is 3.40. The van der Waals surface area contributed by atoms with Crippen LogP contribution in [0.15, 0.2) is 53.6 Å². The second-order valence-corrected chi connectivity index (χ2v) is 7.60. The van der Waals surface area contributed by atoms with Gasteiger partial charge in [0, 0.05) is 5.56 Å². The number of carbonyl (C=O) groups excluding carboxylic acids is 1. The molecule has 0 spiro atoms. The number of nitrogens with one attached hydrogen (secondary N) is 1. The van der Waals surface area contributed by atoms with E-state index in [0.29, 0.717) is 17.0 Å². The van der Waals surface area contributed by atoms with E-state index in [-0.39, 0.29) is 11.4 Å². The van der Waals surface area contributed by atoms with Gasteiger partial charge in [0.05, 0.1) is 24.8 Å². The zero-order chi connectivity index (χ0) is 20.0. The number of sulfonamides is 1. The molecule has 2 N–H and O–H groups in total. The Morgan fingerprint density at radius 1 is 1.19 bits per heavy atom. The van der Waals surface area contributed by atoms with E-state index in [9.17, 15) is 18.3 Å². The molecular weight excluding hydrogens is 370 g/mol. The summed E-state index contributed by atoms with van der Waals surface area (Å²) in [5, 5.41) is 13.7. The number of carbonyl (C=O) groups is 1. The van der Waals surface area contributed by atoms with E-state index in [2.05, 4.69) is 10.5 Å². The summed E-state index contributed by atoms with van der Waals surface area (Å²) in [6.45, 7) is 1.14. The van der Waals surface area contributed by atoms with E-state index in [4.69, 9.17) is 4.74 Å². The van der Waals surface area contributed by atoms with Crippen molar-refractivity contribution >= 4 is 27.3 Å². The predicted molar refractivity (Wildman–Crippen MR) is 104 cm³/mol. The van der Waals surface area contributed by atoms with Crippen LogP contribution in [0.2, 0.25) is 0 Å². The molecule has 0 aromatic heterocycles. The van der Waals surface area contributed by atoms with Crippen molar-refractivity contribution < 1.29 is 23.1 Å². The highest BCUT2D eigenvalue weighted by Crippen LogP contribution is 2.29. The number of methoxy groups -OCH3 is 1. The fourth-order valence-electron chi connectivity index (χ4n) is 2.37. The number of hydrogen-bond donors (Lipinski definition) is 2. The van der Waals surface area contributed by atoms with Gasteiger partial charge < -0.3 is 9.84 Å². The molecule has 0 saturated carbocycles. The van der Waals surface area contributed by atoms with Crippen LogP contribution in [0.5, 0.6) is 11.5 Å². The number of anilines is 1. The highest BCUT2D eigenvalue weighted by Gasteiger charge is 2.23. The molecule has 0 saturated heterocycles. The largest absolute Gasteiger partial charge is 0.507 e. The van der Waals surface area contributed by atoms with E-state index < -0.39 is 22.5 Å². The van der Waals surface area contributed by atoms with E-state index in [1.165, 1.54) is 13.2 Å². The molecule has 0 radical (unpaired) electrons. The molecule has 9 heteroatoms. The van der Waals surface area contributed by atoms with Crippen LogP contribution in [0.25, 0.3) is 0 Å². The summed E-state index contributed by atoms with van der Waals surface area (Å²) in [6.07, 6.45) is 1.00. The number of phenols is 1. The Morgan fingerprint density at radius 3 is 2.44 bits per heavy atom. The number of aromatic hydroxyl groups is 1. The average Bonchev–Trinajstić information content (AvgIpc) is 2.63. The number of phenolic OH excluding ortho intramolecular Hbond substituents is 1. The van der Waals surface area contributed by atoms with Crippen molar-refractivity contribution in [3.8, 4) is 11.5 Å². The van der Waals surface area contributed by atoms with Gasteiger partial charge in [0.15, 0.2) is 0 Å². The first-order valence-corrected chi connectivity index (χ1v) is 9.81. The number of para-hydroxylation sites is 3. The number of nitrogens with zero attached hydrogens (tertiary/aromatic N) is 2. The van der Waals surface area contributed by atoms with Crippen molar-refractivity contribution in [2.24, 2.45) is 5.10 Å². The van der Waals surface area contributed by atoms with E-state index in [0.717, 1.165) is 10.6 Å². The molecule has 144 valence electrons. The minimum Gasteiger partial charge on any atom is -0.507 e. The molecule has 0 aliphatic heterocycles.